The molecule has 0 spiro atoms. The fourth-order valence-electron chi connectivity index (χ4n) is 0.241. The van der Waals surface area contributed by atoms with E-state index < -0.39 is 0 Å². The Labute approximate surface area is 43.2 Å². The van der Waals surface area contributed by atoms with Gasteiger partial charge in [0.15, 0.2) is 0 Å². The summed E-state index contributed by atoms with van der Waals surface area (Å²) in [5.74, 6) is 0. The van der Waals surface area contributed by atoms with Crippen LogP contribution in [0, 0.1) is 0 Å². The van der Waals surface area contributed by atoms with Gasteiger partial charge in [0.25, 0.3) is 0 Å². The highest BCUT2D eigenvalue weighted by molar-refractivity contribution is 4.37. The van der Waals surface area contributed by atoms with Crippen LogP contribution >= 0.6 is 0 Å². The normalized spacial score (nSPS) is 10.3. The molecule has 0 bridgehead atoms. The summed E-state index contributed by atoms with van der Waals surface area (Å²) in [6, 6.07) is 0. The molecule has 2 N–H and O–H groups in total. The summed E-state index contributed by atoms with van der Waals surface area (Å²) >= 11 is 0. The smallest absolute Gasteiger partial charge is 0.0954 e. The predicted molar refractivity (Wildman–Crippen MR) is 26.8 cm³/mol. The van der Waals surface area contributed by atoms with Gasteiger partial charge in [-0.05, 0) is 7.05 Å². The molecule has 0 aliphatic rings. The maximum Gasteiger partial charge on any atom is 0.0954 e. The van der Waals surface area contributed by atoms with Gasteiger partial charge in [-0.2, -0.15) is 0 Å². The van der Waals surface area contributed by atoms with Crippen molar-refractivity contribution in [2.45, 2.75) is 0 Å². The summed E-state index contributed by atoms with van der Waals surface area (Å²) in [5, 5.41) is 16.5. The standard InChI is InChI=1S/C4H11NO2/c1-5(4-7)2-3-6/h6-7H,2-4H2,1H3. The lowest BCUT2D eigenvalue weighted by molar-refractivity contribution is 0.111. The van der Waals surface area contributed by atoms with Crippen molar-refractivity contribution < 1.29 is 10.2 Å². The number of hydrogen-bond donors (Lipinski definition) is 2. The van der Waals surface area contributed by atoms with Crippen molar-refractivity contribution in [2.24, 2.45) is 0 Å². The first-order valence-corrected chi connectivity index (χ1v) is 2.21. The van der Waals surface area contributed by atoms with Crippen LogP contribution in [0.25, 0.3) is 0 Å². The number of likely N-dealkylation sites (N-methyl/N-ethyl adjacent to an activating group) is 1. The van der Waals surface area contributed by atoms with Crippen molar-refractivity contribution in [3.8, 4) is 0 Å². The molecule has 3 heteroatoms. The molecular formula is C4H11NO2. The van der Waals surface area contributed by atoms with Crippen molar-refractivity contribution >= 4 is 0 Å². The van der Waals surface area contributed by atoms with Gasteiger partial charge in [-0.3, -0.25) is 4.90 Å². The van der Waals surface area contributed by atoms with Crippen molar-refractivity contribution in [1.82, 2.24) is 4.90 Å². The van der Waals surface area contributed by atoms with E-state index in [4.69, 9.17) is 10.2 Å². The quantitative estimate of drug-likeness (QED) is 0.446. The predicted octanol–water partition coefficient (Wildman–Crippen LogP) is -1.14. The third-order valence-corrected chi connectivity index (χ3v) is 0.723. The molecule has 0 aliphatic heterocycles. The fourth-order valence-corrected chi connectivity index (χ4v) is 0.241. The maximum absolute atomic E-state index is 8.28. The summed E-state index contributed by atoms with van der Waals surface area (Å²) in [5.41, 5.74) is 0. The van der Waals surface area contributed by atoms with Crippen LogP contribution in [0.2, 0.25) is 0 Å². The first-order valence-electron chi connectivity index (χ1n) is 2.21. The minimum absolute atomic E-state index is 0.0144. The highest BCUT2D eigenvalue weighted by atomic mass is 16.3. The van der Waals surface area contributed by atoms with Gasteiger partial charge >= 0.3 is 0 Å². The van der Waals surface area contributed by atoms with Crippen LogP contribution in [0.3, 0.4) is 0 Å². The van der Waals surface area contributed by atoms with E-state index in [2.05, 4.69) is 0 Å². The number of rotatable bonds is 3. The monoisotopic (exact) mass is 105 g/mol. The van der Waals surface area contributed by atoms with Crippen LogP contribution in [0.4, 0.5) is 0 Å². The molecule has 0 fully saturated rings. The molecule has 0 amide bonds. The van der Waals surface area contributed by atoms with E-state index in [1.807, 2.05) is 0 Å². The number of nitrogens with zero attached hydrogens (tertiary/aromatic N) is 1. The van der Waals surface area contributed by atoms with E-state index in [0.717, 1.165) is 0 Å². The highest BCUT2D eigenvalue weighted by Gasteiger charge is 1.88. The molecule has 0 aromatic carbocycles. The van der Waals surface area contributed by atoms with Gasteiger partial charge in [0.2, 0.25) is 0 Å². The topological polar surface area (TPSA) is 43.7 Å². The minimum atomic E-state index is 0.0144. The van der Waals surface area contributed by atoms with Crippen molar-refractivity contribution in [3.05, 3.63) is 0 Å². The Hall–Kier alpha value is -0.120. The van der Waals surface area contributed by atoms with Crippen LogP contribution in [0.5, 0.6) is 0 Å². The van der Waals surface area contributed by atoms with Gasteiger partial charge in [-0.1, -0.05) is 0 Å². The Bertz CT molecular complexity index is 40.7. The summed E-state index contributed by atoms with van der Waals surface area (Å²) in [6.07, 6.45) is 0. The number of hydrogen-bond acceptors (Lipinski definition) is 3. The second-order valence-electron chi connectivity index (χ2n) is 1.44. The molecule has 0 aromatic rings. The Morgan fingerprint density at radius 1 is 1.43 bits per heavy atom. The second-order valence-corrected chi connectivity index (χ2v) is 1.44. The van der Waals surface area contributed by atoms with Gasteiger partial charge < -0.3 is 10.2 Å². The van der Waals surface area contributed by atoms with Crippen LogP contribution in [-0.2, 0) is 0 Å². The van der Waals surface area contributed by atoms with Gasteiger partial charge in [0.1, 0.15) is 0 Å². The lowest BCUT2D eigenvalue weighted by Gasteiger charge is -2.08. The molecular weight excluding hydrogens is 94.0 g/mol. The molecule has 0 saturated carbocycles. The molecule has 7 heavy (non-hydrogen) atoms. The van der Waals surface area contributed by atoms with Crippen molar-refractivity contribution in [3.63, 3.8) is 0 Å². The number of aliphatic hydroxyl groups excluding tert-OH is 2. The highest BCUT2D eigenvalue weighted by Crippen LogP contribution is 1.72. The fraction of sp³-hybridized carbons (Fsp3) is 1.00. The van der Waals surface area contributed by atoms with Crippen LogP contribution < -0.4 is 0 Å². The van der Waals surface area contributed by atoms with Gasteiger partial charge in [-0.15, -0.1) is 0 Å². The summed E-state index contributed by atoms with van der Waals surface area (Å²) in [4.78, 5) is 1.61. The van der Waals surface area contributed by atoms with E-state index >= 15 is 0 Å². The van der Waals surface area contributed by atoms with E-state index in [1.165, 1.54) is 0 Å². The Morgan fingerprint density at radius 3 is 2.14 bits per heavy atom. The summed E-state index contributed by atoms with van der Waals surface area (Å²) in [6.45, 7) is 0.661. The average molecular weight is 105 g/mol. The van der Waals surface area contributed by atoms with Gasteiger partial charge in [-0.25, -0.2) is 0 Å². The first-order chi connectivity index (χ1) is 3.31. The molecule has 0 unspecified atom stereocenters. The third kappa shape index (κ3) is 3.72. The van der Waals surface area contributed by atoms with E-state index in [1.54, 1.807) is 11.9 Å². The second kappa shape index (κ2) is 4.05. The Kier molecular flexibility index (Phi) is 3.98. The lowest BCUT2D eigenvalue weighted by Crippen LogP contribution is -2.22. The lowest BCUT2D eigenvalue weighted by atomic mass is 10.6. The molecule has 0 heterocycles. The van der Waals surface area contributed by atoms with Crippen LogP contribution in [-0.4, -0.2) is 42.0 Å². The molecule has 44 valence electrons. The SMILES string of the molecule is CN(CO)CCO. The first kappa shape index (κ1) is 6.88. The molecule has 0 aliphatic carbocycles. The van der Waals surface area contributed by atoms with Crippen LogP contribution in [0.15, 0.2) is 0 Å². The largest absolute Gasteiger partial charge is 0.395 e. The average Bonchev–Trinajstić information content (AvgIpc) is 1.68. The molecule has 0 radical (unpaired) electrons. The zero-order valence-electron chi connectivity index (χ0n) is 4.46. The molecule has 3 nitrogen and oxygen atoms in total. The van der Waals surface area contributed by atoms with Crippen molar-refractivity contribution in [1.29, 1.82) is 0 Å². The molecule has 0 saturated heterocycles. The van der Waals surface area contributed by atoms with Crippen molar-refractivity contribution in [2.75, 3.05) is 26.9 Å². The summed E-state index contributed by atoms with van der Waals surface area (Å²) < 4.78 is 0. The van der Waals surface area contributed by atoms with E-state index in [0.29, 0.717) is 6.54 Å². The Balaban J connectivity index is 2.83. The summed E-state index contributed by atoms with van der Waals surface area (Å²) in [7, 11) is 1.73. The zero-order valence-corrected chi connectivity index (χ0v) is 4.46. The third-order valence-electron chi connectivity index (χ3n) is 0.723. The zero-order chi connectivity index (χ0) is 5.70. The number of aliphatic hydroxyl groups is 2. The van der Waals surface area contributed by atoms with E-state index in [9.17, 15) is 0 Å². The molecule has 0 rings (SSSR count). The van der Waals surface area contributed by atoms with Crippen LogP contribution in [0.1, 0.15) is 0 Å². The van der Waals surface area contributed by atoms with E-state index in [-0.39, 0.29) is 13.3 Å². The van der Waals surface area contributed by atoms with Gasteiger partial charge in [0, 0.05) is 6.54 Å². The minimum Gasteiger partial charge on any atom is -0.395 e. The Morgan fingerprint density at radius 2 is 2.00 bits per heavy atom. The van der Waals surface area contributed by atoms with Gasteiger partial charge in [0.05, 0.1) is 13.3 Å². The maximum atomic E-state index is 8.28. The molecule has 0 atom stereocenters. The molecule has 0 aromatic heterocycles.